The van der Waals surface area contributed by atoms with Gasteiger partial charge in [-0.25, -0.2) is 0 Å². The maximum atomic E-state index is 12.1. The molecule has 3 aromatic rings. The van der Waals surface area contributed by atoms with Gasteiger partial charge in [0.2, 0.25) is 5.91 Å². The lowest BCUT2D eigenvalue weighted by Crippen LogP contribution is -2.22. The highest BCUT2D eigenvalue weighted by Crippen LogP contribution is 2.29. The fraction of sp³-hybridized carbons (Fsp3) is 0.125. The third-order valence-corrected chi connectivity index (χ3v) is 6.13. The highest BCUT2D eigenvalue weighted by molar-refractivity contribution is 7.99. The Morgan fingerprint density at radius 3 is 2.00 bits per heavy atom. The number of carbonyl (C=O) groups excluding carboxylic acids is 3. The Bertz CT molecular complexity index is 1170. The van der Waals surface area contributed by atoms with Crippen LogP contribution in [0.3, 0.4) is 0 Å². The largest absolute Gasteiger partial charge is 0.456 e. The number of amides is 2. The van der Waals surface area contributed by atoms with Crippen LogP contribution in [-0.4, -0.2) is 24.4 Å². The first-order valence-electron chi connectivity index (χ1n) is 10.0. The van der Waals surface area contributed by atoms with Gasteiger partial charge in [-0.2, -0.15) is 0 Å². The minimum Gasteiger partial charge on any atom is -0.456 e. The first-order valence-corrected chi connectivity index (χ1v) is 12.0. The molecule has 0 aliphatic carbocycles. The highest BCUT2D eigenvalue weighted by Gasteiger charge is 2.12. The maximum Gasteiger partial charge on any atom is 0.306 e. The van der Waals surface area contributed by atoms with E-state index in [4.69, 9.17) is 39.5 Å². The Balaban J connectivity index is 1.37. The molecule has 34 heavy (non-hydrogen) atoms. The van der Waals surface area contributed by atoms with Gasteiger partial charge in [0, 0.05) is 31.9 Å². The molecule has 2 N–H and O–H groups in total. The number of hydrogen-bond acceptors (Lipinski definition) is 5. The van der Waals surface area contributed by atoms with Gasteiger partial charge < -0.3 is 15.4 Å². The minimum absolute atomic E-state index is 0.0786. The number of halogens is 3. The summed E-state index contributed by atoms with van der Waals surface area (Å²) >= 11 is 19.2. The molecule has 3 aromatic carbocycles. The topological polar surface area (TPSA) is 84.5 Å². The summed E-state index contributed by atoms with van der Waals surface area (Å²) in [6.45, 7) is -0.494. The molecule has 0 bridgehead atoms. The fourth-order valence-corrected chi connectivity index (χ4v) is 4.08. The monoisotopic (exact) mass is 536 g/mol. The number of esters is 1. The van der Waals surface area contributed by atoms with Crippen molar-refractivity contribution in [1.82, 2.24) is 0 Å². The van der Waals surface area contributed by atoms with Crippen LogP contribution in [-0.2, 0) is 19.1 Å². The van der Waals surface area contributed by atoms with E-state index in [1.165, 1.54) is 12.1 Å². The predicted octanol–water partition coefficient (Wildman–Crippen LogP) is 6.70. The molecule has 0 radical (unpaired) electrons. The number of nitrogens with one attached hydrogen (secondary N) is 2. The van der Waals surface area contributed by atoms with Crippen LogP contribution in [0.4, 0.5) is 11.4 Å². The third kappa shape index (κ3) is 8.57. The first kappa shape index (κ1) is 25.9. The van der Waals surface area contributed by atoms with Crippen molar-refractivity contribution < 1.29 is 19.1 Å². The van der Waals surface area contributed by atoms with E-state index in [-0.39, 0.29) is 23.8 Å². The van der Waals surface area contributed by atoms with Gasteiger partial charge in [-0.3, -0.25) is 14.4 Å². The molecular weight excluding hydrogens is 519 g/mol. The van der Waals surface area contributed by atoms with E-state index in [0.29, 0.717) is 21.4 Å². The summed E-state index contributed by atoms with van der Waals surface area (Å²) in [5.41, 5.74) is 0.960. The molecule has 0 aliphatic rings. The maximum absolute atomic E-state index is 12.1. The van der Waals surface area contributed by atoms with Crippen LogP contribution in [0.5, 0.6) is 0 Å². The summed E-state index contributed by atoms with van der Waals surface area (Å²) in [7, 11) is 0. The van der Waals surface area contributed by atoms with Crippen LogP contribution >= 0.6 is 46.6 Å². The Hall–Kier alpha value is -2.71. The summed E-state index contributed by atoms with van der Waals surface area (Å²) in [6.07, 6.45) is -0.240. The number of carbonyl (C=O) groups is 3. The highest BCUT2D eigenvalue weighted by atomic mass is 35.5. The van der Waals surface area contributed by atoms with E-state index in [1.807, 2.05) is 36.4 Å². The van der Waals surface area contributed by atoms with Gasteiger partial charge in [0.05, 0.1) is 17.1 Å². The van der Waals surface area contributed by atoms with Crippen molar-refractivity contribution in [1.29, 1.82) is 0 Å². The number of benzene rings is 3. The van der Waals surface area contributed by atoms with E-state index in [2.05, 4.69) is 10.6 Å². The standard InChI is InChI=1S/C24H19Cl3N2O4S/c25-15-1-6-18(7-2-15)34-19-8-4-17(5-9-19)28-22(30)11-12-24(32)33-14-23(31)29-21-10-3-16(26)13-20(21)27/h1-10,13H,11-12,14H2,(H,28,30)(H,29,31). The number of hydrogen-bond donors (Lipinski definition) is 2. The minimum atomic E-state index is -0.665. The van der Waals surface area contributed by atoms with Crippen molar-refractivity contribution in [2.45, 2.75) is 22.6 Å². The van der Waals surface area contributed by atoms with Gasteiger partial charge in [-0.15, -0.1) is 0 Å². The van der Waals surface area contributed by atoms with Crippen molar-refractivity contribution in [2.75, 3.05) is 17.2 Å². The van der Waals surface area contributed by atoms with E-state index in [9.17, 15) is 14.4 Å². The van der Waals surface area contributed by atoms with Gasteiger partial charge in [0.25, 0.3) is 5.91 Å². The number of anilines is 2. The Morgan fingerprint density at radius 2 is 1.35 bits per heavy atom. The summed E-state index contributed by atoms with van der Waals surface area (Å²) in [4.78, 5) is 38.0. The molecule has 6 nitrogen and oxygen atoms in total. The van der Waals surface area contributed by atoms with Crippen LogP contribution in [0, 0.1) is 0 Å². The van der Waals surface area contributed by atoms with Crippen LogP contribution < -0.4 is 10.6 Å². The normalized spacial score (nSPS) is 10.4. The average molecular weight is 538 g/mol. The Labute approximate surface area is 215 Å². The van der Waals surface area contributed by atoms with Crippen LogP contribution in [0.2, 0.25) is 15.1 Å². The molecule has 0 saturated heterocycles. The van der Waals surface area contributed by atoms with E-state index >= 15 is 0 Å². The summed E-state index contributed by atoms with van der Waals surface area (Å²) < 4.78 is 4.91. The molecule has 0 spiro atoms. The second-order valence-electron chi connectivity index (χ2n) is 6.96. The molecular formula is C24H19Cl3N2O4S. The zero-order chi connectivity index (χ0) is 24.5. The molecule has 0 saturated carbocycles. The molecule has 0 fully saturated rings. The van der Waals surface area contributed by atoms with Gasteiger partial charge in [-0.1, -0.05) is 46.6 Å². The molecule has 0 unspecified atom stereocenters. The zero-order valence-electron chi connectivity index (χ0n) is 17.6. The lowest BCUT2D eigenvalue weighted by atomic mass is 10.2. The molecule has 176 valence electrons. The van der Waals surface area contributed by atoms with E-state index < -0.39 is 18.5 Å². The van der Waals surface area contributed by atoms with E-state index in [1.54, 1.807) is 30.0 Å². The summed E-state index contributed by atoms with van der Waals surface area (Å²) in [5.74, 6) is -1.56. The second-order valence-corrected chi connectivity index (χ2v) is 9.39. The van der Waals surface area contributed by atoms with Crippen molar-refractivity contribution in [3.8, 4) is 0 Å². The molecule has 0 aliphatic heterocycles. The van der Waals surface area contributed by atoms with Gasteiger partial charge in [-0.05, 0) is 66.7 Å². The van der Waals surface area contributed by atoms with Gasteiger partial charge >= 0.3 is 5.97 Å². The van der Waals surface area contributed by atoms with E-state index in [0.717, 1.165) is 9.79 Å². The summed E-state index contributed by atoms with van der Waals surface area (Å²) in [6, 6.07) is 19.4. The molecule has 0 heterocycles. The zero-order valence-corrected chi connectivity index (χ0v) is 20.7. The summed E-state index contributed by atoms with van der Waals surface area (Å²) in [5, 5.41) is 6.62. The van der Waals surface area contributed by atoms with Crippen LogP contribution in [0.25, 0.3) is 0 Å². The third-order valence-electron chi connectivity index (χ3n) is 4.31. The SMILES string of the molecule is O=C(CCC(=O)OCC(=O)Nc1ccc(Cl)cc1Cl)Nc1ccc(Sc2ccc(Cl)cc2)cc1. The number of rotatable bonds is 9. The average Bonchev–Trinajstić information content (AvgIpc) is 2.81. The predicted molar refractivity (Wildman–Crippen MR) is 136 cm³/mol. The molecule has 0 aromatic heterocycles. The lowest BCUT2D eigenvalue weighted by molar-refractivity contribution is -0.147. The number of ether oxygens (including phenoxy) is 1. The Kier molecular flexibility index (Phi) is 9.65. The van der Waals surface area contributed by atoms with Gasteiger partial charge in [0.1, 0.15) is 0 Å². The van der Waals surface area contributed by atoms with Crippen LogP contribution in [0.1, 0.15) is 12.8 Å². The van der Waals surface area contributed by atoms with Gasteiger partial charge in [0.15, 0.2) is 6.61 Å². The van der Waals surface area contributed by atoms with Crippen LogP contribution in [0.15, 0.2) is 76.5 Å². The van der Waals surface area contributed by atoms with Crippen molar-refractivity contribution in [3.63, 3.8) is 0 Å². The molecule has 10 heteroatoms. The van der Waals surface area contributed by atoms with Crippen molar-refractivity contribution in [2.24, 2.45) is 0 Å². The van der Waals surface area contributed by atoms with Crippen molar-refractivity contribution >= 4 is 75.7 Å². The quantitative estimate of drug-likeness (QED) is 0.297. The molecule has 0 atom stereocenters. The smallest absolute Gasteiger partial charge is 0.306 e. The molecule has 3 rings (SSSR count). The molecule has 2 amide bonds. The lowest BCUT2D eigenvalue weighted by Gasteiger charge is -2.09. The van der Waals surface area contributed by atoms with Crippen molar-refractivity contribution in [3.05, 3.63) is 81.8 Å². The second kappa shape index (κ2) is 12.7. The first-order chi connectivity index (χ1) is 16.3. The fourth-order valence-electron chi connectivity index (χ4n) is 2.68. The Morgan fingerprint density at radius 1 is 0.735 bits per heavy atom.